The molecule has 1 N–H and O–H groups in total. The Labute approximate surface area is 196 Å². The third-order valence-electron chi connectivity index (χ3n) is 6.27. The Balaban J connectivity index is 1.15. The lowest BCUT2D eigenvalue weighted by Crippen LogP contribution is -2.38. The van der Waals surface area contributed by atoms with E-state index in [2.05, 4.69) is 15.5 Å². The van der Waals surface area contributed by atoms with E-state index in [1.54, 1.807) is 27.8 Å². The molecule has 4 aromatic rings. The van der Waals surface area contributed by atoms with Gasteiger partial charge >= 0.3 is 0 Å². The number of anilines is 1. The van der Waals surface area contributed by atoms with Crippen LogP contribution < -0.4 is 5.32 Å². The number of halogens is 1. The summed E-state index contributed by atoms with van der Waals surface area (Å²) in [6.45, 7) is 1.18. The zero-order valence-corrected chi connectivity index (χ0v) is 18.5. The zero-order valence-electron chi connectivity index (χ0n) is 18.5. The second-order valence-electron chi connectivity index (χ2n) is 8.53. The number of carbonyl (C=O) groups excluding carboxylic acids is 2. The number of nitrogens with one attached hydrogen (secondary N) is 1. The number of piperidine rings is 1. The minimum atomic E-state index is -0.480. The predicted molar refractivity (Wildman–Crippen MR) is 126 cm³/mol. The first kappa shape index (κ1) is 21.8. The summed E-state index contributed by atoms with van der Waals surface area (Å²) in [5.74, 6) is -0.505. The Bertz CT molecular complexity index is 1330. The van der Waals surface area contributed by atoms with Crippen LogP contribution >= 0.6 is 0 Å². The lowest BCUT2D eigenvalue weighted by molar-refractivity contribution is -0.115. The molecule has 1 aliphatic rings. The van der Waals surface area contributed by atoms with Crippen LogP contribution in [0.15, 0.2) is 73.2 Å². The fraction of sp³-hybridized carbons (Fsp3) is 0.231. The largest absolute Gasteiger partial charge is 0.339 e. The van der Waals surface area contributed by atoms with Crippen LogP contribution in [0.1, 0.15) is 40.2 Å². The first-order valence-corrected chi connectivity index (χ1v) is 11.3. The fourth-order valence-electron chi connectivity index (χ4n) is 4.43. The molecule has 0 radical (unpaired) electrons. The van der Waals surface area contributed by atoms with Crippen molar-refractivity contribution in [2.45, 2.75) is 25.2 Å². The van der Waals surface area contributed by atoms with Gasteiger partial charge in [-0.05, 0) is 60.2 Å². The fourth-order valence-corrected chi connectivity index (χ4v) is 4.43. The summed E-state index contributed by atoms with van der Waals surface area (Å²) in [4.78, 5) is 26.8. The summed E-state index contributed by atoms with van der Waals surface area (Å²) in [6.07, 6.45) is 5.34. The molecule has 34 heavy (non-hydrogen) atoms. The highest BCUT2D eigenvalue weighted by molar-refractivity contribution is 5.94. The quantitative estimate of drug-likeness (QED) is 0.490. The Hall–Kier alpha value is -4.07. The maximum Gasteiger partial charge on any atom is 0.256 e. The molecule has 172 valence electrons. The highest BCUT2D eigenvalue weighted by Crippen LogP contribution is 2.29. The van der Waals surface area contributed by atoms with Crippen molar-refractivity contribution in [2.24, 2.45) is 0 Å². The van der Waals surface area contributed by atoms with E-state index < -0.39 is 5.82 Å². The van der Waals surface area contributed by atoms with Gasteiger partial charge in [-0.2, -0.15) is 0 Å². The van der Waals surface area contributed by atoms with Crippen molar-refractivity contribution in [3.05, 3.63) is 95.7 Å². The Morgan fingerprint density at radius 3 is 2.53 bits per heavy atom. The molecule has 0 aliphatic carbocycles. The van der Waals surface area contributed by atoms with Gasteiger partial charge in [-0.25, -0.2) is 4.39 Å². The van der Waals surface area contributed by atoms with E-state index in [1.165, 1.54) is 17.7 Å². The molecular weight excluding hydrogens is 433 g/mol. The number of rotatable bonds is 5. The first-order chi connectivity index (χ1) is 16.6. The molecule has 5 rings (SSSR count). The highest BCUT2D eigenvalue weighted by atomic mass is 19.1. The SMILES string of the molecule is O=C(Cc1ccc2nncn2c1)Nc1ccc(C2CCN(C(=O)c3ccccc3F)CC2)cc1. The van der Waals surface area contributed by atoms with Crippen molar-refractivity contribution in [3.63, 3.8) is 0 Å². The molecule has 0 spiro atoms. The molecule has 0 atom stereocenters. The van der Waals surface area contributed by atoms with Gasteiger partial charge in [0.2, 0.25) is 5.91 Å². The van der Waals surface area contributed by atoms with Gasteiger partial charge in [0.15, 0.2) is 5.65 Å². The summed E-state index contributed by atoms with van der Waals surface area (Å²) in [6, 6.07) is 17.7. The van der Waals surface area contributed by atoms with Crippen molar-refractivity contribution in [2.75, 3.05) is 18.4 Å². The Morgan fingerprint density at radius 2 is 1.76 bits per heavy atom. The molecule has 0 bridgehead atoms. The summed E-state index contributed by atoms with van der Waals surface area (Å²) in [5, 5.41) is 10.7. The molecule has 2 aromatic carbocycles. The van der Waals surface area contributed by atoms with Crippen molar-refractivity contribution in [3.8, 4) is 0 Å². The Kier molecular flexibility index (Phi) is 6.03. The second-order valence-corrected chi connectivity index (χ2v) is 8.53. The third-order valence-corrected chi connectivity index (χ3v) is 6.27. The molecule has 0 saturated carbocycles. The van der Waals surface area contributed by atoms with E-state index >= 15 is 0 Å². The number of aromatic nitrogens is 3. The number of amides is 2. The summed E-state index contributed by atoms with van der Waals surface area (Å²) >= 11 is 0. The first-order valence-electron chi connectivity index (χ1n) is 11.3. The number of nitrogens with zero attached hydrogens (tertiary/aromatic N) is 4. The van der Waals surface area contributed by atoms with Gasteiger partial charge in [0.05, 0.1) is 12.0 Å². The lowest BCUT2D eigenvalue weighted by Gasteiger charge is -2.32. The van der Waals surface area contributed by atoms with E-state index in [-0.39, 0.29) is 23.8 Å². The van der Waals surface area contributed by atoms with Crippen LogP contribution in [-0.2, 0) is 11.2 Å². The minimum Gasteiger partial charge on any atom is -0.339 e. The molecular formula is C26H24FN5O2. The van der Waals surface area contributed by atoms with Gasteiger partial charge in [0.25, 0.3) is 5.91 Å². The topological polar surface area (TPSA) is 79.6 Å². The Morgan fingerprint density at radius 1 is 1.00 bits per heavy atom. The summed E-state index contributed by atoms with van der Waals surface area (Å²) < 4.78 is 15.7. The summed E-state index contributed by atoms with van der Waals surface area (Å²) in [5.41, 5.74) is 3.66. The molecule has 8 heteroatoms. The molecule has 1 saturated heterocycles. The normalized spacial score (nSPS) is 14.3. The van der Waals surface area contributed by atoms with E-state index in [4.69, 9.17) is 0 Å². The molecule has 3 heterocycles. The maximum atomic E-state index is 14.0. The monoisotopic (exact) mass is 457 g/mol. The average Bonchev–Trinajstić information content (AvgIpc) is 3.32. The van der Waals surface area contributed by atoms with Crippen LogP contribution in [-0.4, -0.2) is 44.4 Å². The van der Waals surface area contributed by atoms with E-state index in [0.29, 0.717) is 19.0 Å². The van der Waals surface area contributed by atoms with Gasteiger partial charge in [0.1, 0.15) is 12.1 Å². The number of likely N-dealkylation sites (tertiary alicyclic amines) is 1. The van der Waals surface area contributed by atoms with Crippen LogP contribution in [0, 0.1) is 5.82 Å². The number of hydrogen-bond donors (Lipinski definition) is 1. The van der Waals surface area contributed by atoms with E-state index in [1.807, 2.05) is 42.6 Å². The number of pyridine rings is 1. The van der Waals surface area contributed by atoms with E-state index in [9.17, 15) is 14.0 Å². The van der Waals surface area contributed by atoms with Gasteiger partial charge in [-0.3, -0.25) is 14.0 Å². The van der Waals surface area contributed by atoms with Crippen LogP contribution in [0.4, 0.5) is 10.1 Å². The standard InChI is InChI=1S/C26H24FN5O2/c27-23-4-2-1-3-22(23)26(34)31-13-11-20(12-14-31)19-6-8-21(9-7-19)29-25(33)15-18-5-10-24-30-28-17-32(24)16-18/h1-10,16-17,20H,11-15H2,(H,29,33). The lowest BCUT2D eigenvalue weighted by atomic mass is 9.89. The number of fused-ring (bicyclic) bond motifs is 1. The molecule has 2 amide bonds. The molecule has 0 unspecified atom stereocenters. The zero-order chi connectivity index (χ0) is 23.5. The molecule has 1 fully saturated rings. The average molecular weight is 458 g/mol. The minimum absolute atomic E-state index is 0.0971. The smallest absolute Gasteiger partial charge is 0.256 e. The molecule has 2 aromatic heterocycles. The van der Waals surface area contributed by atoms with Crippen LogP contribution in [0.2, 0.25) is 0 Å². The number of carbonyl (C=O) groups is 2. The number of benzene rings is 2. The van der Waals surface area contributed by atoms with Gasteiger partial charge in [-0.1, -0.05) is 30.3 Å². The van der Waals surface area contributed by atoms with Crippen molar-refractivity contribution < 1.29 is 14.0 Å². The van der Waals surface area contributed by atoms with Crippen LogP contribution in [0.5, 0.6) is 0 Å². The number of hydrogen-bond acceptors (Lipinski definition) is 4. The van der Waals surface area contributed by atoms with Crippen molar-refractivity contribution >= 4 is 23.1 Å². The molecule has 7 nitrogen and oxygen atoms in total. The molecule has 1 aliphatic heterocycles. The van der Waals surface area contributed by atoms with E-state index in [0.717, 1.165) is 29.7 Å². The van der Waals surface area contributed by atoms with Gasteiger partial charge in [-0.15, -0.1) is 10.2 Å². The maximum absolute atomic E-state index is 14.0. The second kappa shape index (κ2) is 9.43. The highest BCUT2D eigenvalue weighted by Gasteiger charge is 2.26. The predicted octanol–water partition coefficient (Wildman–Crippen LogP) is 4.07. The van der Waals surface area contributed by atoms with Gasteiger partial charge in [0, 0.05) is 25.0 Å². The third kappa shape index (κ3) is 4.66. The van der Waals surface area contributed by atoms with Crippen LogP contribution in [0.3, 0.4) is 0 Å². The summed E-state index contributed by atoms with van der Waals surface area (Å²) in [7, 11) is 0. The van der Waals surface area contributed by atoms with Gasteiger partial charge < -0.3 is 10.2 Å². The van der Waals surface area contributed by atoms with Crippen molar-refractivity contribution in [1.29, 1.82) is 0 Å². The van der Waals surface area contributed by atoms with Crippen molar-refractivity contribution in [1.82, 2.24) is 19.5 Å². The van der Waals surface area contributed by atoms with Crippen LogP contribution in [0.25, 0.3) is 5.65 Å².